The molecule has 1 amide bonds. The van der Waals surface area contributed by atoms with Crippen molar-refractivity contribution in [2.75, 3.05) is 19.7 Å². The molecular weight excluding hydrogens is 342 g/mol. The van der Waals surface area contributed by atoms with Crippen LogP contribution in [0.3, 0.4) is 0 Å². The molecule has 26 heavy (non-hydrogen) atoms. The number of ether oxygens (including phenoxy) is 1. The lowest BCUT2D eigenvalue weighted by molar-refractivity contribution is 0.0711. The number of rotatable bonds is 4. The molecule has 1 aliphatic rings. The predicted octanol–water partition coefficient (Wildman–Crippen LogP) is 5.32. The molecule has 1 aromatic heterocycles. The molecule has 2 aromatic carbocycles. The zero-order valence-corrected chi connectivity index (χ0v) is 15.8. The number of thiophene rings is 1. The Morgan fingerprint density at radius 1 is 1.15 bits per heavy atom. The number of fused-ring (bicyclic) bond motifs is 1. The first kappa shape index (κ1) is 17.1. The van der Waals surface area contributed by atoms with E-state index in [9.17, 15) is 4.79 Å². The summed E-state index contributed by atoms with van der Waals surface area (Å²) in [5.41, 5.74) is 2.13. The van der Waals surface area contributed by atoms with Crippen molar-refractivity contribution in [2.45, 2.75) is 25.7 Å². The minimum Gasteiger partial charge on any atom is -0.493 e. The maximum atomic E-state index is 13.4. The highest BCUT2D eigenvalue weighted by Gasteiger charge is 2.27. The highest BCUT2D eigenvalue weighted by Crippen LogP contribution is 2.33. The van der Waals surface area contributed by atoms with Gasteiger partial charge in [0.2, 0.25) is 0 Å². The van der Waals surface area contributed by atoms with E-state index in [2.05, 4.69) is 16.8 Å². The molecule has 1 fully saturated rings. The third kappa shape index (κ3) is 3.21. The van der Waals surface area contributed by atoms with Gasteiger partial charge in [-0.15, -0.1) is 0 Å². The van der Waals surface area contributed by atoms with Gasteiger partial charge in [0.25, 0.3) is 5.91 Å². The fourth-order valence-electron chi connectivity index (χ4n) is 3.83. The summed E-state index contributed by atoms with van der Waals surface area (Å²) in [7, 11) is 0. The van der Waals surface area contributed by atoms with Crippen LogP contribution in [0.15, 0.2) is 53.2 Å². The molecule has 4 rings (SSSR count). The monoisotopic (exact) mass is 365 g/mol. The molecule has 0 atom stereocenters. The number of benzene rings is 2. The molecule has 0 aliphatic carbocycles. The summed E-state index contributed by atoms with van der Waals surface area (Å²) < 4.78 is 5.79. The summed E-state index contributed by atoms with van der Waals surface area (Å²) in [6, 6.07) is 14.2. The van der Waals surface area contributed by atoms with E-state index in [1.807, 2.05) is 48.2 Å². The lowest BCUT2D eigenvalue weighted by atomic mass is 9.91. The molecular formula is C22H23NO2S. The number of amides is 1. The number of nitrogens with zero attached hydrogens (tertiary/aromatic N) is 1. The Hall–Kier alpha value is -2.33. The van der Waals surface area contributed by atoms with Crippen LogP contribution in [0.4, 0.5) is 0 Å². The largest absolute Gasteiger partial charge is 0.493 e. The normalized spacial score (nSPS) is 15.3. The van der Waals surface area contributed by atoms with Crippen LogP contribution in [-0.2, 0) is 0 Å². The SMILES string of the molecule is CCOc1ccc2ccccc2c1C(=O)N1CCC(c2ccsc2)CC1. The van der Waals surface area contributed by atoms with E-state index in [0.717, 1.165) is 36.7 Å². The van der Waals surface area contributed by atoms with E-state index < -0.39 is 0 Å². The highest BCUT2D eigenvalue weighted by molar-refractivity contribution is 7.07. The van der Waals surface area contributed by atoms with E-state index in [-0.39, 0.29) is 5.91 Å². The van der Waals surface area contributed by atoms with Crippen LogP contribution in [0.1, 0.15) is 41.6 Å². The van der Waals surface area contributed by atoms with E-state index in [1.165, 1.54) is 5.56 Å². The van der Waals surface area contributed by atoms with Crippen molar-refractivity contribution in [1.29, 1.82) is 0 Å². The third-order valence-corrected chi connectivity index (χ3v) is 5.90. The molecule has 134 valence electrons. The van der Waals surface area contributed by atoms with Crippen molar-refractivity contribution >= 4 is 28.0 Å². The van der Waals surface area contributed by atoms with Gasteiger partial charge in [0.05, 0.1) is 12.2 Å². The topological polar surface area (TPSA) is 29.5 Å². The number of hydrogen-bond acceptors (Lipinski definition) is 3. The summed E-state index contributed by atoms with van der Waals surface area (Å²) in [5, 5.41) is 6.42. The van der Waals surface area contributed by atoms with Crippen molar-refractivity contribution in [1.82, 2.24) is 4.90 Å². The second-order valence-corrected chi connectivity index (χ2v) is 7.50. The lowest BCUT2D eigenvalue weighted by Crippen LogP contribution is -2.38. The van der Waals surface area contributed by atoms with Crippen LogP contribution < -0.4 is 4.74 Å². The Balaban J connectivity index is 1.61. The minimum absolute atomic E-state index is 0.0917. The molecule has 3 nitrogen and oxygen atoms in total. The number of piperidine rings is 1. The summed E-state index contributed by atoms with van der Waals surface area (Å²) in [6.45, 7) is 4.11. The van der Waals surface area contributed by atoms with Crippen LogP contribution in [0, 0.1) is 0 Å². The fourth-order valence-corrected chi connectivity index (χ4v) is 4.57. The molecule has 0 radical (unpaired) electrons. The molecule has 2 heterocycles. The van der Waals surface area contributed by atoms with Gasteiger partial charge < -0.3 is 9.64 Å². The van der Waals surface area contributed by atoms with Crippen LogP contribution in [0.2, 0.25) is 0 Å². The Morgan fingerprint density at radius 2 is 1.96 bits per heavy atom. The Kier molecular flexibility index (Phi) is 4.93. The van der Waals surface area contributed by atoms with Crippen molar-refractivity contribution in [2.24, 2.45) is 0 Å². The van der Waals surface area contributed by atoms with Gasteiger partial charge in [0.15, 0.2) is 0 Å². The van der Waals surface area contributed by atoms with Crippen LogP contribution in [0.5, 0.6) is 5.75 Å². The molecule has 1 aliphatic heterocycles. The molecule has 0 unspecified atom stereocenters. The van der Waals surface area contributed by atoms with Gasteiger partial charge in [-0.25, -0.2) is 0 Å². The first-order valence-corrected chi connectivity index (χ1v) is 10.2. The first-order chi connectivity index (χ1) is 12.8. The van der Waals surface area contributed by atoms with Crippen molar-refractivity contribution in [3.8, 4) is 5.75 Å². The predicted molar refractivity (Wildman–Crippen MR) is 107 cm³/mol. The molecule has 0 bridgehead atoms. The minimum atomic E-state index is 0.0917. The van der Waals surface area contributed by atoms with Gasteiger partial charge in [0.1, 0.15) is 5.75 Å². The number of carbonyl (C=O) groups excluding carboxylic acids is 1. The Labute approximate surface area is 158 Å². The average molecular weight is 365 g/mol. The molecule has 0 N–H and O–H groups in total. The third-order valence-electron chi connectivity index (χ3n) is 5.20. The summed E-state index contributed by atoms with van der Waals surface area (Å²) in [4.78, 5) is 15.3. The highest BCUT2D eigenvalue weighted by atomic mass is 32.1. The maximum absolute atomic E-state index is 13.4. The summed E-state index contributed by atoms with van der Waals surface area (Å²) in [5.74, 6) is 1.36. The van der Waals surface area contributed by atoms with Gasteiger partial charge in [-0.1, -0.05) is 30.3 Å². The van der Waals surface area contributed by atoms with Gasteiger partial charge in [-0.3, -0.25) is 4.79 Å². The van der Waals surface area contributed by atoms with E-state index >= 15 is 0 Å². The fraction of sp³-hybridized carbons (Fsp3) is 0.318. The molecule has 0 spiro atoms. The molecule has 0 saturated carbocycles. The quantitative estimate of drug-likeness (QED) is 0.626. The van der Waals surface area contributed by atoms with Gasteiger partial charge in [-0.05, 0) is 64.9 Å². The van der Waals surface area contributed by atoms with Crippen LogP contribution in [0.25, 0.3) is 10.8 Å². The molecule has 3 aromatic rings. The standard InChI is InChI=1S/C22H23NO2S/c1-2-25-20-8-7-17-5-3-4-6-19(17)21(20)22(24)23-12-9-16(10-13-23)18-11-14-26-15-18/h3-8,11,14-16H,2,9-10,12-13H2,1H3. The van der Waals surface area contributed by atoms with Crippen LogP contribution in [-0.4, -0.2) is 30.5 Å². The van der Waals surface area contributed by atoms with E-state index in [1.54, 1.807) is 11.3 Å². The number of hydrogen-bond donors (Lipinski definition) is 0. The number of likely N-dealkylation sites (tertiary alicyclic amines) is 1. The van der Waals surface area contributed by atoms with Crippen LogP contribution >= 0.6 is 11.3 Å². The van der Waals surface area contributed by atoms with Gasteiger partial charge in [-0.2, -0.15) is 11.3 Å². The molecule has 1 saturated heterocycles. The van der Waals surface area contributed by atoms with E-state index in [0.29, 0.717) is 23.8 Å². The van der Waals surface area contributed by atoms with Gasteiger partial charge >= 0.3 is 0 Å². The van der Waals surface area contributed by atoms with Crippen molar-refractivity contribution < 1.29 is 9.53 Å². The Bertz CT molecular complexity index is 896. The van der Waals surface area contributed by atoms with E-state index in [4.69, 9.17) is 4.74 Å². The first-order valence-electron chi connectivity index (χ1n) is 9.24. The second kappa shape index (κ2) is 7.50. The average Bonchev–Trinajstić information content (AvgIpc) is 3.22. The smallest absolute Gasteiger partial charge is 0.258 e. The maximum Gasteiger partial charge on any atom is 0.258 e. The van der Waals surface area contributed by atoms with Crippen molar-refractivity contribution in [3.63, 3.8) is 0 Å². The summed E-state index contributed by atoms with van der Waals surface area (Å²) >= 11 is 1.75. The molecule has 4 heteroatoms. The summed E-state index contributed by atoms with van der Waals surface area (Å²) in [6.07, 6.45) is 2.05. The lowest BCUT2D eigenvalue weighted by Gasteiger charge is -2.32. The zero-order chi connectivity index (χ0) is 17.9. The zero-order valence-electron chi connectivity index (χ0n) is 15.0. The van der Waals surface area contributed by atoms with Crippen molar-refractivity contribution in [3.05, 3.63) is 64.4 Å². The second-order valence-electron chi connectivity index (χ2n) is 6.72. The Morgan fingerprint density at radius 3 is 2.69 bits per heavy atom. The number of carbonyl (C=O) groups is 1. The van der Waals surface area contributed by atoms with Gasteiger partial charge in [0, 0.05) is 13.1 Å².